The summed E-state index contributed by atoms with van der Waals surface area (Å²) in [5, 5.41) is 3.63. The van der Waals surface area contributed by atoms with Gasteiger partial charge in [-0.1, -0.05) is 15.9 Å². The molecule has 1 aliphatic rings. The maximum atomic E-state index is 10.9. The second-order valence-corrected chi connectivity index (χ2v) is 4.67. The summed E-state index contributed by atoms with van der Waals surface area (Å²) in [5.74, 6) is -1.27. The monoisotopic (exact) mass is 323 g/mol. The van der Waals surface area contributed by atoms with E-state index in [0.29, 0.717) is 6.61 Å². The molecule has 0 aliphatic carbocycles. The molecule has 1 aliphatic heterocycles. The molecule has 3 N–H and O–H groups in total. The van der Waals surface area contributed by atoms with Crippen LogP contribution in [0.1, 0.15) is 5.56 Å². The highest BCUT2D eigenvalue weighted by molar-refractivity contribution is 9.10. The number of nitrogens with two attached hydrogens (primary N) is 1. The van der Waals surface area contributed by atoms with Gasteiger partial charge in [-0.05, 0) is 24.3 Å². The SMILES string of the molecule is NC(=O)C(=O)N/N=C/C1=Cc2cc(Br)ccc2OC1. The van der Waals surface area contributed by atoms with Crippen LogP contribution >= 0.6 is 15.9 Å². The number of primary amides is 1. The highest BCUT2D eigenvalue weighted by Crippen LogP contribution is 2.28. The third-order valence-corrected chi connectivity index (χ3v) is 2.82. The molecule has 1 aromatic rings. The number of fused-ring (bicyclic) bond motifs is 1. The van der Waals surface area contributed by atoms with Crippen molar-refractivity contribution in [3.05, 3.63) is 33.8 Å². The van der Waals surface area contributed by atoms with Gasteiger partial charge in [0.05, 0.1) is 6.21 Å². The van der Waals surface area contributed by atoms with Crippen LogP contribution in [-0.4, -0.2) is 24.6 Å². The molecule has 2 amide bonds. The number of carbonyl (C=O) groups is 2. The number of rotatable bonds is 2. The number of ether oxygens (including phenoxy) is 1. The van der Waals surface area contributed by atoms with E-state index in [9.17, 15) is 9.59 Å². The normalized spacial score (nSPS) is 13.4. The Labute approximate surface area is 117 Å². The van der Waals surface area contributed by atoms with Gasteiger partial charge >= 0.3 is 11.8 Å². The van der Waals surface area contributed by atoms with E-state index in [1.165, 1.54) is 6.21 Å². The van der Waals surface area contributed by atoms with Crippen LogP contribution in [0.15, 0.2) is 33.3 Å². The minimum Gasteiger partial charge on any atom is -0.488 e. The molecule has 7 heteroatoms. The molecule has 0 fully saturated rings. The Balaban J connectivity index is 2.09. The highest BCUT2D eigenvalue weighted by atomic mass is 79.9. The first-order valence-electron chi connectivity index (χ1n) is 5.32. The van der Waals surface area contributed by atoms with Gasteiger partial charge in [0.15, 0.2) is 0 Å². The van der Waals surface area contributed by atoms with Crippen molar-refractivity contribution in [3.63, 3.8) is 0 Å². The van der Waals surface area contributed by atoms with E-state index >= 15 is 0 Å². The van der Waals surface area contributed by atoms with Crippen molar-refractivity contribution in [3.8, 4) is 5.75 Å². The van der Waals surface area contributed by atoms with E-state index in [1.54, 1.807) is 0 Å². The van der Waals surface area contributed by atoms with Gasteiger partial charge in [0.1, 0.15) is 12.4 Å². The number of nitrogens with zero attached hydrogens (tertiary/aromatic N) is 1. The zero-order chi connectivity index (χ0) is 13.8. The molecule has 0 saturated heterocycles. The lowest BCUT2D eigenvalue weighted by atomic mass is 10.1. The van der Waals surface area contributed by atoms with Crippen molar-refractivity contribution < 1.29 is 14.3 Å². The zero-order valence-corrected chi connectivity index (χ0v) is 11.3. The van der Waals surface area contributed by atoms with E-state index in [2.05, 4.69) is 21.0 Å². The van der Waals surface area contributed by atoms with Crippen LogP contribution < -0.4 is 15.9 Å². The molecule has 0 aromatic heterocycles. The average Bonchev–Trinajstić information content (AvgIpc) is 2.38. The largest absolute Gasteiger partial charge is 0.488 e. The topological polar surface area (TPSA) is 93.8 Å². The number of hydrogen-bond donors (Lipinski definition) is 2. The molecule has 0 atom stereocenters. The van der Waals surface area contributed by atoms with Gasteiger partial charge in [-0.2, -0.15) is 5.10 Å². The van der Waals surface area contributed by atoms with Crippen molar-refractivity contribution in [1.29, 1.82) is 0 Å². The molecule has 98 valence electrons. The third-order valence-electron chi connectivity index (χ3n) is 2.33. The van der Waals surface area contributed by atoms with Crippen LogP contribution in [0, 0.1) is 0 Å². The van der Waals surface area contributed by atoms with Gasteiger partial charge in [0.2, 0.25) is 0 Å². The fourth-order valence-corrected chi connectivity index (χ4v) is 1.85. The van der Waals surface area contributed by atoms with Gasteiger partial charge < -0.3 is 10.5 Å². The number of carbonyl (C=O) groups excluding carboxylic acids is 2. The van der Waals surface area contributed by atoms with Crippen LogP contribution in [-0.2, 0) is 9.59 Å². The fourth-order valence-electron chi connectivity index (χ4n) is 1.47. The number of amides is 2. The van der Waals surface area contributed by atoms with Crippen LogP contribution in [0.2, 0.25) is 0 Å². The molecular formula is C12H10BrN3O3. The summed E-state index contributed by atoms with van der Waals surface area (Å²) < 4.78 is 6.45. The second kappa shape index (κ2) is 5.66. The minimum absolute atomic E-state index is 0.338. The standard InChI is InChI=1S/C12H10BrN3O3/c13-9-1-2-10-8(4-9)3-7(6-19-10)5-15-16-12(18)11(14)17/h1-5H,6H2,(H2,14,17)(H,16,18)/b15-5+. The second-order valence-electron chi connectivity index (χ2n) is 3.75. The van der Waals surface area contributed by atoms with Crippen LogP contribution in [0.4, 0.5) is 0 Å². The first-order chi connectivity index (χ1) is 9.06. The quantitative estimate of drug-likeness (QED) is 0.479. The average molecular weight is 324 g/mol. The van der Waals surface area contributed by atoms with Gasteiger partial charge in [-0.25, -0.2) is 5.43 Å². The molecule has 1 heterocycles. The summed E-state index contributed by atoms with van der Waals surface area (Å²) in [6.45, 7) is 0.338. The lowest BCUT2D eigenvalue weighted by Crippen LogP contribution is -2.33. The van der Waals surface area contributed by atoms with E-state index in [1.807, 2.05) is 29.7 Å². The number of hydrogen-bond acceptors (Lipinski definition) is 4. The molecule has 6 nitrogen and oxygen atoms in total. The highest BCUT2D eigenvalue weighted by Gasteiger charge is 2.11. The Morgan fingerprint density at radius 3 is 3.00 bits per heavy atom. The number of nitrogens with one attached hydrogen (secondary N) is 1. The predicted molar refractivity (Wildman–Crippen MR) is 73.4 cm³/mol. The first kappa shape index (κ1) is 13.3. The van der Waals surface area contributed by atoms with Crippen molar-refractivity contribution in [1.82, 2.24) is 5.43 Å². The van der Waals surface area contributed by atoms with Crippen molar-refractivity contribution in [2.45, 2.75) is 0 Å². The van der Waals surface area contributed by atoms with E-state index in [-0.39, 0.29) is 0 Å². The Morgan fingerprint density at radius 2 is 2.26 bits per heavy atom. The molecule has 1 aromatic carbocycles. The number of hydrazone groups is 1. The molecule has 0 saturated carbocycles. The Kier molecular flexibility index (Phi) is 3.96. The third kappa shape index (κ3) is 3.41. The lowest BCUT2D eigenvalue weighted by molar-refractivity contribution is -0.137. The summed E-state index contributed by atoms with van der Waals surface area (Å²) in [7, 11) is 0. The minimum atomic E-state index is -1.08. The Hall–Kier alpha value is -2.15. The summed E-state index contributed by atoms with van der Waals surface area (Å²) in [4.78, 5) is 21.3. The van der Waals surface area contributed by atoms with Crippen LogP contribution in [0.5, 0.6) is 5.75 Å². The molecule has 19 heavy (non-hydrogen) atoms. The molecule has 0 bridgehead atoms. The van der Waals surface area contributed by atoms with Gasteiger partial charge in [-0.15, -0.1) is 0 Å². The summed E-state index contributed by atoms with van der Waals surface area (Å²) in [6.07, 6.45) is 3.29. The molecule has 0 unspecified atom stereocenters. The zero-order valence-electron chi connectivity index (χ0n) is 9.72. The van der Waals surface area contributed by atoms with E-state index in [4.69, 9.17) is 10.5 Å². The molecular weight excluding hydrogens is 314 g/mol. The first-order valence-corrected chi connectivity index (χ1v) is 6.11. The van der Waals surface area contributed by atoms with Crippen LogP contribution in [0.25, 0.3) is 6.08 Å². The van der Waals surface area contributed by atoms with Gasteiger partial charge in [-0.3, -0.25) is 9.59 Å². The van der Waals surface area contributed by atoms with Gasteiger partial charge in [0, 0.05) is 15.6 Å². The fraction of sp³-hybridized carbons (Fsp3) is 0.0833. The maximum Gasteiger partial charge on any atom is 0.329 e. The summed E-state index contributed by atoms with van der Waals surface area (Å²) in [5.41, 5.74) is 8.45. The molecule has 0 spiro atoms. The molecule has 2 rings (SSSR count). The maximum absolute atomic E-state index is 10.9. The van der Waals surface area contributed by atoms with Crippen molar-refractivity contribution in [2.75, 3.05) is 6.61 Å². The van der Waals surface area contributed by atoms with E-state index < -0.39 is 11.8 Å². The number of halogens is 1. The Bertz CT molecular complexity index is 596. The van der Waals surface area contributed by atoms with Crippen molar-refractivity contribution in [2.24, 2.45) is 10.8 Å². The smallest absolute Gasteiger partial charge is 0.329 e. The van der Waals surface area contributed by atoms with Crippen LogP contribution in [0.3, 0.4) is 0 Å². The predicted octanol–water partition coefficient (Wildman–Crippen LogP) is 0.812. The van der Waals surface area contributed by atoms with Gasteiger partial charge in [0.25, 0.3) is 0 Å². The summed E-state index contributed by atoms with van der Waals surface area (Å²) >= 11 is 3.37. The number of benzene rings is 1. The van der Waals surface area contributed by atoms with Crippen molar-refractivity contribution >= 4 is 40.0 Å². The lowest BCUT2D eigenvalue weighted by Gasteiger charge is -2.15. The Morgan fingerprint density at radius 1 is 1.47 bits per heavy atom. The summed E-state index contributed by atoms with van der Waals surface area (Å²) in [6, 6.07) is 5.65. The van der Waals surface area contributed by atoms with E-state index in [0.717, 1.165) is 21.4 Å². The molecule has 0 radical (unpaired) electrons.